The lowest BCUT2D eigenvalue weighted by atomic mass is 10.2. The maximum Gasteiger partial charge on any atom is 0.195 e. The minimum Gasteiger partial charge on any atom is -0.493 e. The van der Waals surface area contributed by atoms with Crippen molar-refractivity contribution in [1.82, 2.24) is 5.32 Å². The van der Waals surface area contributed by atoms with Gasteiger partial charge in [0.15, 0.2) is 17.5 Å². The van der Waals surface area contributed by atoms with Gasteiger partial charge in [0.2, 0.25) is 0 Å². The molecule has 2 rings (SSSR count). The van der Waals surface area contributed by atoms with E-state index in [0.29, 0.717) is 30.6 Å². The minimum absolute atomic E-state index is 0.538. The standard InChI is InChI=1S/C19H25N3O3/c1-14-6-5-7-16(12-14)25-11-10-21-19(20-2)22-15-8-9-17(23-3)18(13-15)24-4/h5-9,12-13H,10-11H2,1-4H3,(H2,20,21,22). The Bertz CT molecular complexity index is 717. The number of guanidine groups is 1. The van der Waals surface area contributed by atoms with Gasteiger partial charge in [0, 0.05) is 18.8 Å². The fourth-order valence-corrected chi connectivity index (χ4v) is 2.27. The van der Waals surface area contributed by atoms with E-state index in [2.05, 4.69) is 15.6 Å². The van der Waals surface area contributed by atoms with E-state index in [0.717, 1.165) is 11.4 Å². The third-order valence-electron chi connectivity index (χ3n) is 3.52. The molecule has 0 heterocycles. The molecule has 0 aromatic heterocycles. The van der Waals surface area contributed by atoms with Gasteiger partial charge < -0.3 is 24.8 Å². The van der Waals surface area contributed by atoms with Crippen molar-refractivity contribution >= 4 is 11.6 Å². The Kier molecular flexibility index (Phi) is 6.95. The molecule has 0 aliphatic carbocycles. The van der Waals surface area contributed by atoms with Gasteiger partial charge in [-0.1, -0.05) is 12.1 Å². The Morgan fingerprint density at radius 1 is 1.04 bits per heavy atom. The zero-order valence-corrected chi connectivity index (χ0v) is 15.1. The number of hydrogen-bond acceptors (Lipinski definition) is 4. The molecule has 6 nitrogen and oxygen atoms in total. The van der Waals surface area contributed by atoms with Crippen LogP contribution in [0.2, 0.25) is 0 Å². The van der Waals surface area contributed by atoms with E-state index < -0.39 is 0 Å². The number of benzene rings is 2. The number of nitrogens with one attached hydrogen (secondary N) is 2. The smallest absolute Gasteiger partial charge is 0.195 e. The van der Waals surface area contributed by atoms with Crippen molar-refractivity contribution in [2.75, 3.05) is 39.7 Å². The lowest BCUT2D eigenvalue weighted by Gasteiger charge is -2.14. The van der Waals surface area contributed by atoms with Crippen LogP contribution in [0, 0.1) is 6.92 Å². The van der Waals surface area contributed by atoms with Gasteiger partial charge in [-0.15, -0.1) is 0 Å². The van der Waals surface area contributed by atoms with Gasteiger partial charge in [-0.2, -0.15) is 0 Å². The third kappa shape index (κ3) is 5.60. The Morgan fingerprint density at radius 2 is 1.84 bits per heavy atom. The van der Waals surface area contributed by atoms with E-state index >= 15 is 0 Å². The van der Waals surface area contributed by atoms with Crippen LogP contribution in [-0.2, 0) is 0 Å². The zero-order valence-electron chi connectivity index (χ0n) is 15.1. The molecule has 2 aromatic carbocycles. The van der Waals surface area contributed by atoms with Gasteiger partial charge in [-0.05, 0) is 36.8 Å². The Morgan fingerprint density at radius 3 is 2.52 bits per heavy atom. The first-order valence-corrected chi connectivity index (χ1v) is 8.05. The van der Waals surface area contributed by atoms with Crippen molar-refractivity contribution in [1.29, 1.82) is 0 Å². The molecule has 0 spiro atoms. The topological polar surface area (TPSA) is 64.1 Å². The van der Waals surface area contributed by atoms with Crippen LogP contribution in [0.15, 0.2) is 47.5 Å². The first kappa shape index (κ1) is 18.4. The Labute approximate surface area is 148 Å². The summed E-state index contributed by atoms with van der Waals surface area (Å²) >= 11 is 0. The molecule has 0 atom stereocenters. The van der Waals surface area contributed by atoms with E-state index in [1.54, 1.807) is 21.3 Å². The molecule has 2 N–H and O–H groups in total. The summed E-state index contributed by atoms with van der Waals surface area (Å²) in [6.07, 6.45) is 0. The second-order valence-electron chi connectivity index (χ2n) is 5.36. The van der Waals surface area contributed by atoms with Crippen molar-refractivity contribution < 1.29 is 14.2 Å². The summed E-state index contributed by atoms with van der Waals surface area (Å²) in [5, 5.41) is 6.42. The predicted molar refractivity (Wildman–Crippen MR) is 101 cm³/mol. The lowest BCUT2D eigenvalue weighted by Crippen LogP contribution is -2.33. The molecule has 0 aliphatic heterocycles. The average Bonchev–Trinajstić information content (AvgIpc) is 2.64. The third-order valence-corrected chi connectivity index (χ3v) is 3.52. The highest BCUT2D eigenvalue weighted by Gasteiger charge is 2.06. The van der Waals surface area contributed by atoms with Crippen LogP contribution in [0.4, 0.5) is 5.69 Å². The molecule has 0 aliphatic rings. The van der Waals surface area contributed by atoms with Crippen molar-refractivity contribution in [3.63, 3.8) is 0 Å². The monoisotopic (exact) mass is 343 g/mol. The molecule has 0 saturated heterocycles. The Hall–Kier alpha value is -2.89. The molecular weight excluding hydrogens is 318 g/mol. The average molecular weight is 343 g/mol. The maximum absolute atomic E-state index is 5.72. The van der Waals surface area contributed by atoms with Gasteiger partial charge in [0.25, 0.3) is 0 Å². The highest BCUT2D eigenvalue weighted by atomic mass is 16.5. The molecule has 134 valence electrons. The molecule has 6 heteroatoms. The molecule has 0 radical (unpaired) electrons. The molecule has 0 fully saturated rings. The van der Waals surface area contributed by atoms with Crippen LogP contribution in [0.1, 0.15) is 5.56 Å². The molecular formula is C19H25N3O3. The van der Waals surface area contributed by atoms with Gasteiger partial charge in [-0.25, -0.2) is 0 Å². The number of aliphatic imine (C=N–C) groups is 1. The molecule has 25 heavy (non-hydrogen) atoms. The van der Waals surface area contributed by atoms with Gasteiger partial charge in [-0.3, -0.25) is 4.99 Å². The van der Waals surface area contributed by atoms with Gasteiger partial charge in [0.1, 0.15) is 12.4 Å². The van der Waals surface area contributed by atoms with Gasteiger partial charge in [0.05, 0.1) is 20.8 Å². The van der Waals surface area contributed by atoms with E-state index in [9.17, 15) is 0 Å². The number of anilines is 1. The van der Waals surface area contributed by atoms with Crippen LogP contribution in [0.5, 0.6) is 17.2 Å². The quantitative estimate of drug-likeness (QED) is 0.459. The van der Waals surface area contributed by atoms with Crippen molar-refractivity contribution in [3.05, 3.63) is 48.0 Å². The summed E-state index contributed by atoms with van der Waals surface area (Å²) < 4.78 is 16.3. The number of nitrogens with zero attached hydrogens (tertiary/aromatic N) is 1. The van der Waals surface area contributed by atoms with Crippen LogP contribution in [0.25, 0.3) is 0 Å². The van der Waals surface area contributed by atoms with Crippen molar-refractivity contribution in [2.24, 2.45) is 4.99 Å². The SMILES string of the molecule is CN=C(NCCOc1cccc(C)c1)Nc1ccc(OC)c(OC)c1. The summed E-state index contributed by atoms with van der Waals surface area (Å²) in [5.41, 5.74) is 2.03. The fraction of sp³-hybridized carbons (Fsp3) is 0.316. The minimum atomic E-state index is 0.538. The fourth-order valence-electron chi connectivity index (χ4n) is 2.27. The number of rotatable bonds is 7. The molecule has 2 aromatic rings. The van der Waals surface area contributed by atoms with Crippen molar-refractivity contribution in [3.8, 4) is 17.2 Å². The Balaban J connectivity index is 1.84. The summed E-state index contributed by atoms with van der Waals surface area (Å²) in [6.45, 7) is 3.21. The van der Waals surface area contributed by atoms with Crippen LogP contribution < -0.4 is 24.8 Å². The first-order chi connectivity index (χ1) is 12.2. The van der Waals surface area contributed by atoms with E-state index in [-0.39, 0.29) is 0 Å². The number of methoxy groups -OCH3 is 2. The highest BCUT2D eigenvalue weighted by Crippen LogP contribution is 2.29. The van der Waals surface area contributed by atoms with Crippen molar-refractivity contribution in [2.45, 2.75) is 6.92 Å². The molecule has 0 bridgehead atoms. The summed E-state index contributed by atoms with van der Waals surface area (Å²) in [7, 11) is 4.94. The maximum atomic E-state index is 5.72. The largest absolute Gasteiger partial charge is 0.493 e. The van der Waals surface area contributed by atoms with Crippen LogP contribution >= 0.6 is 0 Å². The summed E-state index contributed by atoms with van der Waals surface area (Å²) in [5.74, 6) is 2.86. The summed E-state index contributed by atoms with van der Waals surface area (Å²) in [6, 6.07) is 13.6. The molecule has 0 amide bonds. The van der Waals surface area contributed by atoms with E-state index in [4.69, 9.17) is 14.2 Å². The number of aryl methyl sites for hydroxylation is 1. The predicted octanol–water partition coefficient (Wildman–Crippen LogP) is 3.08. The number of hydrogen-bond donors (Lipinski definition) is 2. The van der Waals surface area contributed by atoms with Gasteiger partial charge >= 0.3 is 0 Å². The second kappa shape index (κ2) is 9.42. The zero-order chi connectivity index (χ0) is 18.1. The van der Waals surface area contributed by atoms with Crippen LogP contribution in [0.3, 0.4) is 0 Å². The lowest BCUT2D eigenvalue weighted by molar-refractivity contribution is 0.322. The molecule has 0 unspecified atom stereocenters. The normalized spacial score (nSPS) is 11.0. The second-order valence-corrected chi connectivity index (χ2v) is 5.36. The summed E-state index contributed by atoms with van der Waals surface area (Å²) in [4.78, 5) is 4.21. The molecule has 0 saturated carbocycles. The highest BCUT2D eigenvalue weighted by molar-refractivity contribution is 5.93. The van der Waals surface area contributed by atoms with E-state index in [1.807, 2.05) is 49.4 Å². The first-order valence-electron chi connectivity index (χ1n) is 8.05. The van der Waals surface area contributed by atoms with E-state index in [1.165, 1.54) is 5.56 Å². The van der Waals surface area contributed by atoms with Crippen LogP contribution in [-0.4, -0.2) is 40.4 Å². The number of ether oxygens (including phenoxy) is 3.